The molecule has 2 saturated heterocycles. The summed E-state index contributed by atoms with van der Waals surface area (Å²) in [6, 6.07) is -0.362. The number of ether oxygens (including phenoxy) is 2. The molecule has 2 aliphatic heterocycles. The highest BCUT2D eigenvalue weighted by molar-refractivity contribution is 5.85. The van der Waals surface area contributed by atoms with Crippen LogP contribution in [0.4, 0.5) is 0 Å². The Bertz CT molecular complexity index is 305. The van der Waals surface area contributed by atoms with Crippen molar-refractivity contribution in [3.05, 3.63) is 0 Å². The molecule has 0 aromatic rings. The van der Waals surface area contributed by atoms with Crippen molar-refractivity contribution >= 4 is 18.3 Å². The zero-order valence-corrected chi connectivity index (χ0v) is 13.8. The Morgan fingerprint density at radius 1 is 1.14 bits per heavy atom. The fourth-order valence-corrected chi connectivity index (χ4v) is 3.05. The van der Waals surface area contributed by atoms with E-state index in [0.29, 0.717) is 5.92 Å². The lowest BCUT2D eigenvalue weighted by atomic mass is 9.91. The van der Waals surface area contributed by atoms with Crippen LogP contribution in [0.25, 0.3) is 0 Å². The minimum Gasteiger partial charge on any atom is -0.381 e. The van der Waals surface area contributed by atoms with Gasteiger partial charge in [-0.05, 0) is 43.9 Å². The molecule has 21 heavy (non-hydrogen) atoms. The average Bonchev–Trinajstić information content (AvgIpc) is 2.53. The Kier molecular flexibility index (Phi) is 8.56. The number of carbonyl (C=O) groups is 1. The van der Waals surface area contributed by atoms with Crippen molar-refractivity contribution in [3.63, 3.8) is 0 Å². The van der Waals surface area contributed by atoms with E-state index in [9.17, 15) is 4.79 Å². The molecule has 0 aromatic heterocycles. The van der Waals surface area contributed by atoms with Gasteiger partial charge in [-0.2, -0.15) is 0 Å². The SMILES string of the molecule is CN(CCC1CCOCC1)C(=O)C(N)C1CCOCC1.Cl. The number of nitrogens with zero attached hydrogens (tertiary/aromatic N) is 1. The highest BCUT2D eigenvalue weighted by Crippen LogP contribution is 2.21. The number of hydrogen-bond acceptors (Lipinski definition) is 4. The molecule has 2 heterocycles. The van der Waals surface area contributed by atoms with E-state index in [-0.39, 0.29) is 30.3 Å². The molecule has 0 radical (unpaired) electrons. The van der Waals surface area contributed by atoms with E-state index in [1.807, 2.05) is 11.9 Å². The second-order valence-electron chi connectivity index (χ2n) is 6.08. The van der Waals surface area contributed by atoms with E-state index in [1.165, 1.54) is 0 Å². The van der Waals surface area contributed by atoms with Crippen LogP contribution in [0.3, 0.4) is 0 Å². The standard InChI is InChI=1S/C15H28N2O3.ClH/c1-17(7-2-12-3-8-19-9-4-12)15(18)14(16)13-5-10-20-11-6-13;/h12-14H,2-11,16H2,1H3;1H. The molecule has 2 aliphatic rings. The Morgan fingerprint density at radius 3 is 2.24 bits per heavy atom. The van der Waals surface area contributed by atoms with Crippen LogP contribution in [0.1, 0.15) is 32.1 Å². The topological polar surface area (TPSA) is 64.8 Å². The molecule has 1 unspecified atom stereocenters. The van der Waals surface area contributed by atoms with Crippen molar-refractivity contribution in [2.75, 3.05) is 40.0 Å². The monoisotopic (exact) mass is 320 g/mol. The van der Waals surface area contributed by atoms with Crippen LogP contribution in [-0.4, -0.2) is 56.9 Å². The summed E-state index contributed by atoms with van der Waals surface area (Å²) in [5.41, 5.74) is 6.13. The molecule has 124 valence electrons. The number of likely N-dealkylation sites (N-methyl/N-ethyl adjacent to an activating group) is 1. The fourth-order valence-electron chi connectivity index (χ4n) is 3.05. The van der Waals surface area contributed by atoms with Crippen LogP contribution in [0.15, 0.2) is 0 Å². The molecule has 1 atom stereocenters. The first-order valence-corrected chi connectivity index (χ1v) is 7.84. The molecule has 5 nitrogen and oxygen atoms in total. The minimum atomic E-state index is -0.362. The number of nitrogens with two attached hydrogens (primary N) is 1. The maximum atomic E-state index is 12.4. The van der Waals surface area contributed by atoms with Gasteiger partial charge in [-0.25, -0.2) is 0 Å². The molecule has 0 aliphatic carbocycles. The summed E-state index contributed by atoms with van der Waals surface area (Å²) >= 11 is 0. The summed E-state index contributed by atoms with van der Waals surface area (Å²) in [6.07, 6.45) is 5.11. The van der Waals surface area contributed by atoms with Crippen molar-refractivity contribution in [1.29, 1.82) is 0 Å². The Hall–Kier alpha value is -0.360. The molecular weight excluding hydrogens is 292 g/mol. The number of halogens is 1. The fraction of sp³-hybridized carbons (Fsp3) is 0.933. The van der Waals surface area contributed by atoms with Crippen LogP contribution < -0.4 is 5.73 Å². The van der Waals surface area contributed by atoms with Gasteiger partial charge in [-0.3, -0.25) is 4.79 Å². The zero-order valence-electron chi connectivity index (χ0n) is 13.0. The molecule has 2 rings (SSSR count). The van der Waals surface area contributed by atoms with Crippen LogP contribution in [-0.2, 0) is 14.3 Å². The normalized spacial score (nSPS) is 22.4. The summed E-state index contributed by atoms with van der Waals surface area (Å²) in [6.45, 7) is 4.00. The Labute approximate surface area is 133 Å². The first-order chi connectivity index (χ1) is 9.68. The molecular formula is C15H29ClN2O3. The predicted molar refractivity (Wildman–Crippen MR) is 84.6 cm³/mol. The molecule has 2 fully saturated rings. The number of amides is 1. The summed E-state index contributed by atoms with van der Waals surface area (Å²) in [5.74, 6) is 1.06. The van der Waals surface area contributed by atoms with E-state index < -0.39 is 0 Å². The third kappa shape index (κ3) is 5.74. The van der Waals surface area contributed by atoms with E-state index in [1.54, 1.807) is 0 Å². The van der Waals surface area contributed by atoms with Gasteiger partial charge in [0.1, 0.15) is 0 Å². The van der Waals surface area contributed by atoms with Gasteiger partial charge in [0.2, 0.25) is 5.91 Å². The Balaban J connectivity index is 0.00000220. The first kappa shape index (κ1) is 18.7. The number of rotatable bonds is 5. The van der Waals surface area contributed by atoms with E-state index in [0.717, 1.165) is 65.1 Å². The van der Waals surface area contributed by atoms with Gasteiger partial charge < -0.3 is 20.1 Å². The third-order valence-electron chi connectivity index (χ3n) is 4.65. The van der Waals surface area contributed by atoms with Gasteiger partial charge in [-0.1, -0.05) is 0 Å². The molecule has 1 amide bonds. The quantitative estimate of drug-likeness (QED) is 0.832. The van der Waals surface area contributed by atoms with Crippen molar-refractivity contribution in [2.24, 2.45) is 17.6 Å². The van der Waals surface area contributed by atoms with E-state index >= 15 is 0 Å². The van der Waals surface area contributed by atoms with Gasteiger partial charge >= 0.3 is 0 Å². The summed E-state index contributed by atoms with van der Waals surface area (Å²) < 4.78 is 10.7. The lowest BCUT2D eigenvalue weighted by Crippen LogP contribution is -2.48. The molecule has 0 aromatic carbocycles. The van der Waals surface area contributed by atoms with Gasteiger partial charge in [0.15, 0.2) is 0 Å². The van der Waals surface area contributed by atoms with Gasteiger partial charge in [0, 0.05) is 40.0 Å². The second-order valence-corrected chi connectivity index (χ2v) is 6.08. The van der Waals surface area contributed by atoms with E-state index in [2.05, 4.69) is 0 Å². The molecule has 0 saturated carbocycles. The zero-order chi connectivity index (χ0) is 14.4. The lowest BCUT2D eigenvalue weighted by molar-refractivity contribution is -0.133. The number of hydrogen-bond donors (Lipinski definition) is 1. The Morgan fingerprint density at radius 2 is 1.67 bits per heavy atom. The summed E-state index contributed by atoms with van der Waals surface area (Å²) in [5, 5.41) is 0. The average molecular weight is 321 g/mol. The largest absolute Gasteiger partial charge is 0.381 e. The highest BCUT2D eigenvalue weighted by Gasteiger charge is 2.28. The summed E-state index contributed by atoms with van der Waals surface area (Å²) in [4.78, 5) is 14.2. The highest BCUT2D eigenvalue weighted by atomic mass is 35.5. The minimum absolute atomic E-state index is 0. The van der Waals surface area contributed by atoms with Crippen molar-refractivity contribution in [1.82, 2.24) is 4.90 Å². The van der Waals surface area contributed by atoms with Crippen LogP contribution in [0.5, 0.6) is 0 Å². The van der Waals surface area contributed by atoms with Crippen LogP contribution in [0, 0.1) is 11.8 Å². The van der Waals surface area contributed by atoms with Crippen LogP contribution in [0.2, 0.25) is 0 Å². The third-order valence-corrected chi connectivity index (χ3v) is 4.65. The van der Waals surface area contributed by atoms with Gasteiger partial charge in [0.25, 0.3) is 0 Å². The van der Waals surface area contributed by atoms with Gasteiger partial charge in [-0.15, -0.1) is 12.4 Å². The van der Waals surface area contributed by atoms with Crippen molar-refractivity contribution in [2.45, 2.75) is 38.1 Å². The summed E-state index contributed by atoms with van der Waals surface area (Å²) in [7, 11) is 1.88. The first-order valence-electron chi connectivity index (χ1n) is 7.84. The smallest absolute Gasteiger partial charge is 0.239 e. The maximum absolute atomic E-state index is 12.4. The molecule has 2 N–H and O–H groups in total. The predicted octanol–water partition coefficient (Wildman–Crippen LogP) is 1.44. The van der Waals surface area contributed by atoms with E-state index in [4.69, 9.17) is 15.2 Å². The van der Waals surface area contributed by atoms with Gasteiger partial charge in [0.05, 0.1) is 6.04 Å². The second kappa shape index (κ2) is 9.62. The maximum Gasteiger partial charge on any atom is 0.239 e. The van der Waals surface area contributed by atoms with Crippen LogP contribution >= 0.6 is 12.4 Å². The molecule has 6 heteroatoms. The van der Waals surface area contributed by atoms with Crippen molar-refractivity contribution < 1.29 is 14.3 Å². The lowest BCUT2D eigenvalue weighted by Gasteiger charge is -2.31. The molecule has 0 spiro atoms. The number of carbonyl (C=O) groups excluding carboxylic acids is 1. The molecule has 0 bridgehead atoms. The van der Waals surface area contributed by atoms with Crippen molar-refractivity contribution in [3.8, 4) is 0 Å².